The summed E-state index contributed by atoms with van der Waals surface area (Å²) in [4.78, 5) is 18.7. The zero-order chi connectivity index (χ0) is 11.4. The van der Waals surface area contributed by atoms with E-state index in [1.54, 1.807) is 12.4 Å². The average Bonchev–Trinajstić information content (AvgIpc) is 2.96. The highest BCUT2D eigenvalue weighted by Gasteiger charge is 2.18. The Morgan fingerprint density at radius 3 is 3.06 bits per heavy atom. The summed E-state index contributed by atoms with van der Waals surface area (Å²) >= 11 is 0. The van der Waals surface area contributed by atoms with E-state index in [4.69, 9.17) is 0 Å². The number of nitrogens with one attached hydrogen (secondary N) is 3. The Kier molecular flexibility index (Phi) is 2.90. The van der Waals surface area contributed by atoms with Crippen LogP contribution in [0, 0.1) is 0 Å². The summed E-state index contributed by atoms with van der Waals surface area (Å²) in [5, 5.41) is 15.5. The van der Waals surface area contributed by atoms with Crippen LogP contribution < -0.4 is 5.32 Å². The van der Waals surface area contributed by atoms with Gasteiger partial charge >= 0.3 is 0 Å². The molecule has 8 nitrogen and oxygen atoms in total. The first-order valence-corrected chi connectivity index (χ1v) is 4.85. The third kappa shape index (κ3) is 2.05. The van der Waals surface area contributed by atoms with Gasteiger partial charge in [-0.1, -0.05) is 6.92 Å². The van der Waals surface area contributed by atoms with Crippen molar-refractivity contribution in [2.24, 2.45) is 0 Å². The molecule has 84 valence electrons. The van der Waals surface area contributed by atoms with Crippen LogP contribution in [0.2, 0.25) is 0 Å². The van der Waals surface area contributed by atoms with Crippen molar-refractivity contribution >= 4 is 5.91 Å². The van der Waals surface area contributed by atoms with E-state index in [0.717, 1.165) is 6.42 Å². The van der Waals surface area contributed by atoms with Gasteiger partial charge in [0.15, 0.2) is 0 Å². The van der Waals surface area contributed by atoms with Crippen molar-refractivity contribution in [1.29, 1.82) is 0 Å². The number of carbonyl (C=O) groups is 1. The summed E-state index contributed by atoms with van der Waals surface area (Å²) in [6, 6.07) is -0.180. The van der Waals surface area contributed by atoms with E-state index in [9.17, 15) is 4.79 Å². The van der Waals surface area contributed by atoms with Gasteiger partial charge < -0.3 is 10.3 Å². The molecule has 0 saturated carbocycles. The molecule has 0 aliphatic heterocycles. The van der Waals surface area contributed by atoms with Crippen LogP contribution >= 0.6 is 0 Å². The van der Waals surface area contributed by atoms with Crippen molar-refractivity contribution in [3.05, 3.63) is 24.0 Å². The molecule has 0 saturated heterocycles. The molecule has 1 amide bonds. The lowest BCUT2D eigenvalue weighted by Crippen LogP contribution is -2.29. The van der Waals surface area contributed by atoms with Crippen LogP contribution in [0.25, 0.3) is 0 Å². The van der Waals surface area contributed by atoms with Crippen LogP contribution in [0.3, 0.4) is 0 Å². The molecule has 0 spiro atoms. The summed E-state index contributed by atoms with van der Waals surface area (Å²) in [6.45, 7) is 1.95. The normalized spacial score (nSPS) is 12.3. The van der Waals surface area contributed by atoms with E-state index < -0.39 is 0 Å². The molecular formula is C8H11N7O. The van der Waals surface area contributed by atoms with Gasteiger partial charge in [-0.15, -0.1) is 10.2 Å². The molecule has 0 fully saturated rings. The van der Waals surface area contributed by atoms with Crippen molar-refractivity contribution in [3.63, 3.8) is 0 Å². The van der Waals surface area contributed by atoms with Crippen LogP contribution in [0.15, 0.2) is 12.4 Å². The number of hydrogen-bond donors (Lipinski definition) is 3. The second kappa shape index (κ2) is 4.51. The van der Waals surface area contributed by atoms with Crippen molar-refractivity contribution in [2.45, 2.75) is 19.4 Å². The van der Waals surface area contributed by atoms with Crippen molar-refractivity contribution in [3.8, 4) is 0 Å². The van der Waals surface area contributed by atoms with Gasteiger partial charge in [0.2, 0.25) is 0 Å². The second-order valence-corrected chi connectivity index (χ2v) is 3.14. The number of hydrogen-bond acceptors (Lipinski definition) is 5. The smallest absolute Gasteiger partial charge is 0.293 e. The number of H-pyrrole nitrogens is 2. The number of amides is 1. The SMILES string of the molecule is CCC(NC(=O)c1nn[nH]n1)c1ncc[nH]1. The van der Waals surface area contributed by atoms with Gasteiger partial charge in [0.1, 0.15) is 5.82 Å². The fraction of sp³-hybridized carbons (Fsp3) is 0.375. The van der Waals surface area contributed by atoms with E-state index in [1.807, 2.05) is 6.92 Å². The van der Waals surface area contributed by atoms with Crippen molar-refractivity contribution in [1.82, 2.24) is 35.9 Å². The minimum Gasteiger partial charge on any atom is -0.347 e. The predicted molar refractivity (Wildman–Crippen MR) is 53.3 cm³/mol. The van der Waals surface area contributed by atoms with Gasteiger partial charge in [-0.25, -0.2) is 4.98 Å². The minimum absolute atomic E-state index is 0.0185. The first kappa shape index (κ1) is 10.3. The third-order valence-corrected chi connectivity index (χ3v) is 2.11. The Morgan fingerprint density at radius 2 is 2.50 bits per heavy atom. The summed E-state index contributed by atoms with van der Waals surface area (Å²) < 4.78 is 0. The number of nitrogens with zero attached hydrogens (tertiary/aromatic N) is 4. The quantitative estimate of drug-likeness (QED) is 0.662. The lowest BCUT2D eigenvalue weighted by atomic mass is 10.2. The zero-order valence-electron chi connectivity index (χ0n) is 8.64. The van der Waals surface area contributed by atoms with E-state index in [1.165, 1.54) is 0 Å². The predicted octanol–water partition coefficient (Wildman–Crippen LogP) is -0.196. The van der Waals surface area contributed by atoms with Gasteiger partial charge in [-0.2, -0.15) is 5.21 Å². The Hall–Kier alpha value is -2.25. The molecule has 0 aliphatic carbocycles. The number of rotatable bonds is 4. The molecule has 1 atom stereocenters. The third-order valence-electron chi connectivity index (χ3n) is 2.11. The van der Waals surface area contributed by atoms with Gasteiger partial charge in [-0.05, 0) is 11.6 Å². The van der Waals surface area contributed by atoms with E-state index >= 15 is 0 Å². The van der Waals surface area contributed by atoms with Crippen LogP contribution in [-0.4, -0.2) is 36.5 Å². The van der Waals surface area contributed by atoms with Crippen LogP contribution in [0.4, 0.5) is 0 Å². The highest BCUT2D eigenvalue weighted by molar-refractivity contribution is 5.90. The number of tetrazole rings is 1. The first-order valence-electron chi connectivity index (χ1n) is 4.85. The lowest BCUT2D eigenvalue weighted by Gasteiger charge is -2.12. The second-order valence-electron chi connectivity index (χ2n) is 3.14. The van der Waals surface area contributed by atoms with Crippen molar-refractivity contribution in [2.75, 3.05) is 0 Å². The topological polar surface area (TPSA) is 112 Å². The Labute approximate surface area is 90.9 Å². The first-order chi connectivity index (χ1) is 7.81. The highest BCUT2D eigenvalue weighted by Crippen LogP contribution is 2.11. The van der Waals surface area contributed by atoms with Gasteiger partial charge in [0.05, 0.1) is 6.04 Å². The standard InChI is InChI=1S/C8H11N7O/c1-2-5(6-9-3-4-10-6)11-8(16)7-12-14-15-13-7/h3-5H,2H2,1H3,(H,9,10)(H,11,16)(H,12,13,14,15). The fourth-order valence-corrected chi connectivity index (χ4v) is 1.31. The molecule has 0 aliphatic rings. The van der Waals surface area contributed by atoms with Gasteiger partial charge in [-0.3, -0.25) is 4.79 Å². The number of aromatic nitrogens is 6. The maximum absolute atomic E-state index is 11.6. The molecule has 16 heavy (non-hydrogen) atoms. The van der Waals surface area contributed by atoms with Crippen LogP contribution in [0.1, 0.15) is 35.8 Å². The summed E-state index contributed by atoms with van der Waals surface area (Å²) in [5.74, 6) is 0.348. The van der Waals surface area contributed by atoms with Crippen molar-refractivity contribution < 1.29 is 4.79 Å². The minimum atomic E-state index is -0.378. The van der Waals surface area contributed by atoms with Crippen LogP contribution in [-0.2, 0) is 0 Å². The molecule has 0 radical (unpaired) electrons. The molecule has 2 aromatic heterocycles. The lowest BCUT2D eigenvalue weighted by molar-refractivity contribution is 0.0923. The monoisotopic (exact) mass is 221 g/mol. The maximum atomic E-state index is 11.6. The molecule has 2 aromatic rings. The molecule has 2 rings (SSSR count). The molecule has 3 N–H and O–H groups in total. The van der Waals surface area contributed by atoms with Crippen LogP contribution in [0.5, 0.6) is 0 Å². The Bertz CT molecular complexity index is 435. The maximum Gasteiger partial charge on any atom is 0.293 e. The Morgan fingerprint density at radius 1 is 1.62 bits per heavy atom. The summed E-state index contributed by atoms with van der Waals surface area (Å²) in [6.07, 6.45) is 4.06. The highest BCUT2D eigenvalue weighted by atomic mass is 16.2. The largest absolute Gasteiger partial charge is 0.347 e. The molecular weight excluding hydrogens is 210 g/mol. The number of carbonyl (C=O) groups excluding carboxylic acids is 1. The van der Waals surface area contributed by atoms with Gasteiger partial charge in [0, 0.05) is 12.4 Å². The molecule has 0 aromatic carbocycles. The number of imidazole rings is 1. The molecule has 8 heteroatoms. The average molecular weight is 221 g/mol. The fourth-order valence-electron chi connectivity index (χ4n) is 1.31. The molecule has 1 unspecified atom stereocenters. The summed E-state index contributed by atoms with van der Waals surface area (Å²) in [7, 11) is 0. The zero-order valence-corrected chi connectivity index (χ0v) is 8.64. The molecule has 2 heterocycles. The van der Waals surface area contributed by atoms with E-state index in [2.05, 4.69) is 35.9 Å². The van der Waals surface area contributed by atoms with Gasteiger partial charge in [0.25, 0.3) is 11.7 Å². The molecule has 0 bridgehead atoms. The number of aromatic amines is 2. The van der Waals surface area contributed by atoms with E-state index in [0.29, 0.717) is 5.82 Å². The Balaban J connectivity index is 2.05. The summed E-state index contributed by atoms with van der Waals surface area (Å²) in [5.41, 5.74) is 0. The van der Waals surface area contributed by atoms with E-state index in [-0.39, 0.29) is 17.8 Å².